The van der Waals surface area contributed by atoms with Crippen LogP contribution in [0.3, 0.4) is 0 Å². The molecular formula is C86H156NO8+. The molecule has 0 saturated carbocycles. The highest BCUT2D eigenvalue weighted by Crippen LogP contribution is 2.19. The van der Waals surface area contributed by atoms with E-state index in [2.05, 4.69) is 98.9 Å². The van der Waals surface area contributed by atoms with E-state index in [9.17, 15) is 19.5 Å². The van der Waals surface area contributed by atoms with Crippen LogP contribution in [0.2, 0.25) is 0 Å². The molecule has 0 aromatic carbocycles. The number of rotatable bonds is 76. The lowest BCUT2D eigenvalue weighted by Gasteiger charge is -2.25. The van der Waals surface area contributed by atoms with Gasteiger partial charge in [0.1, 0.15) is 13.2 Å². The second-order valence-corrected chi connectivity index (χ2v) is 28.7. The smallest absolute Gasteiger partial charge is 0.361 e. The molecule has 0 aromatic rings. The van der Waals surface area contributed by atoms with Crippen LogP contribution in [-0.4, -0.2) is 87.4 Å². The van der Waals surface area contributed by atoms with Gasteiger partial charge in [-0.2, -0.15) is 0 Å². The molecule has 9 heteroatoms. The summed E-state index contributed by atoms with van der Waals surface area (Å²) in [6.45, 7) is 4.81. The third kappa shape index (κ3) is 77.7. The van der Waals surface area contributed by atoms with Crippen LogP contribution >= 0.6 is 0 Å². The van der Waals surface area contributed by atoms with Gasteiger partial charge >= 0.3 is 17.9 Å². The molecule has 9 nitrogen and oxygen atoms in total. The van der Waals surface area contributed by atoms with Gasteiger partial charge in [0, 0.05) is 12.8 Å². The van der Waals surface area contributed by atoms with Gasteiger partial charge in [-0.1, -0.05) is 369 Å². The number of nitrogens with zero attached hydrogens (tertiary/aromatic N) is 1. The Morgan fingerprint density at radius 3 is 0.895 bits per heavy atom. The molecule has 0 saturated heterocycles. The van der Waals surface area contributed by atoms with Gasteiger partial charge in [-0.05, 0) is 89.9 Å². The van der Waals surface area contributed by atoms with Gasteiger partial charge in [0.25, 0.3) is 6.29 Å². The van der Waals surface area contributed by atoms with Crippen molar-refractivity contribution in [3.63, 3.8) is 0 Å². The average molecular weight is 1330 g/mol. The number of likely N-dealkylation sites (N-methyl/N-ethyl adjacent to an activating group) is 1. The second-order valence-electron chi connectivity index (χ2n) is 28.7. The summed E-state index contributed by atoms with van der Waals surface area (Å²) < 4.78 is 23.1. The zero-order chi connectivity index (χ0) is 69.0. The van der Waals surface area contributed by atoms with E-state index in [4.69, 9.17) is 18.9 Å². The number of ether oxygens (including phenoxy) is 4. The number of carboxylic acids is 1. The lowest BCUT2D eigenvalue weighted by atomic mass is 10.0. The summed E-state index contributed by atoms with van der Waals surface area (Å²) in [6.07, 6.45) is 102. The molecule has 0 fully saturated rings. The van der Waals surface area contributed by atoms with Gasteiger partial charge in [0.15, 0.2) is 6.10 Å². The summed E-state index contributed by atoms with van der Waals surface area (Å²) in [5.41, 5.74) is 0. The Morgan fingerprint density at radius 2 is 0.600 bits per heavy atom. The Hall–Kier alpha value is -3.53. The number of hydrogen-bond acceptors (Lipinski definition) is 7. The molecule has 0 radical (unpaired) electrons. The third-order valence-electron chi connectivity index (χ3n) is 18.1. The molecule has 2 unspecified atom stereocenters. The number of unbranched alkanes of at least 4 members (excludes halogenated alkanes) is 47. The fourth-order valence-electron chi connectivity index (χ4n) is 12.0. The number of carbonyl (C=O) groups excluding carboxylic acids is 2. The van der Waals surface area contributed by atoms with E-state index >= 15 is 0 Å². The number of allylic oxidation sites excluding steroid dienone is 14. The van der Waals surface area contributed by atoms with E-state index in [0.717, 1.165) is 77.0 Å². The average Bonchev–Trinajstić information content (AvgIpc) is 3.24. The summed E-state index contributed by atoms with van der Waals surface area (Å²) in [5, 5.41) is 9.78. The Labute approximate surface area is 589 Å². The quantitative estimate of drug-likeness (QED) is 0.0211. The topological polar surface area (TPSA) is 108 Å². The van der Waals surface area contributed by atoms with Crippen LogP contribution in [-0.2, 0) is 33.3 Å². The maximum Gasteiger partial charge on any atom is 0.361 e. The van der Waals surface area contributed by atoms with Crippen molar-refractivity contribution in [2.75, 3.05) is 47.5 Å². The Kier molecular flexibility index (Phi) is 73.4. The molecule has 0 amide bonds. The molecule has 95 heavy (non-hydrogen) atoms. The second kappa shape index (κ2) is 76.2. The summed E-state index contributed by atoms with van der Waals surface area (Å²) in [5.74, 6) is -1.98. The van der Waals surface area contributed by atoms with Gasteiger partial charge < -0.3 is 28.5 Å². The van der Waals surface area contributed by atoms with Crippen molar-refractivity contribution in [1.29, 1.82) is 0 Å². The minimum atomic E-state index is -1.51. The molecule has 2 atom stereocenters. The van der Waals surface area contributed by atoms with Gasteiger partial charge in [-0.3, -0.25) is 9.59 Å². The highest BCUT2D eigenvalue weighted by molar-refractivity contribution is 5.71. The molecule has 0 heterocycles. The van der Waals surface area contributed by atoms with Crippen molar-refractivity contribution >= 4 is 17.9 Å². The van der Waals surface area contributed by atoms with E-state index in [0.29, 0.717) is 17.4 Å². The summed E-state index contributed by atoms with van der Waals surface area (Å²) >= 11 is 0. The van der Waals surface area contributed by atoms with E-state index < -0.39 is 18.4 Å². The van der Waals surface area contributed by atoms with Crippen molar-refractivity contribution in [1.82, 2.24) is 0 Å². The number of esters is 2. The number of aliphatic carboxylic acids is 1. The van der Waals surface area contributed by atoms with Crippen LogP contribution < -0.4 is 0 Å². The standard InChI is InChI=1S/C86H155NO8/c1-6-8-10-12-14-16-18-20-22-24-26-28-30-32-34-36-38-39-40-41-42-43-44-45-47-48-50-52-54-56-58-60-62-64-66-68-70-72-74-76-83(88)93-80-82(81-94-86(85(90)91)92-79-78-87(3,4)5)95-84(89)77-75-73-71-69-67-65-63-61-59-57-55-53-51-49-46-37-35-33-31-29-27-25-23-21-19-17-15-13-11-9-7-2/h9,11,15,17-18,20-21,23-24,26-27,29,33,35,82,86H,6-8,10,12-14,16,19,22,25,28,30-32,34,36-81H2,1-5H3/p+1/b11-9-,17-15-,20-18-,23-21-,26-24-,29-27-,35-33-. The molecule has 0 rings (SSSR count). The van der Waals surface area contributed by atoms with Crippen LogP contribution in [0.5, 0.6) is 0 Å². The molecule has 0 aliphatic carbocycles. The van der Waals surface area contributed by atoms with Gasteiger partial charge in [0.05, 0.1) is 34.4 Å². The van der Waals surface area contributed by atoms with Crippen LogP contribution in [0, 0.1) is 0 Å². The first-order chi connectivity index (χ1) is 46.6. The maximum atomic E-state index is 13.0. The maximum absolute atomic E-state index is 13.0. The molecule has 0 spiro atoms. The van der Waals surface area contributed by atoms with Gasteiger partial charge in [-0.25, -0.2) is 4.79 Å². The zero-order valence-electron chi connectivity index (χ0n) is 63.3. The summed E-state index contributed by atoms with van der Waals surface area (Å²) in [7, 11) is 5.99. The third-order valence-corrected chi connectivity index (χ3v) is 18.1. The van der Waals surface area contributed by atoms with E-state index in [1.807, 2.05) is 21.1 Å². The van der Waals surface area contributed by atoms with Crippen LogP contribution in [0.1, 0.15) is 386 Å². The Balaban J connectivity index is 3.96. The minimum Gasteiger partial charge on any atom is -0.477 e. The molecule has 1 N–H and O–H groups in total. The molecule has 0 aromatic heterocycles. The van der Waals surface area contributed by atoms with Crippen LogP contribution in [0.25, 0.3) is 0 Å². The first-order valence-electron chi connectivity index (χ1n) is 40.8. The van der Waals surface area contributed by atoms with Gasteiger partial charge in [-0.15, -0.1) is 0 Å². The van der Waals surface area contributed by atoms with Crippen LogP contribution in [0.4, 0.5) is 0 Å². The lowest BCUT2D eigenvalue weighted by Crippen LogP contribution is -2.40. The predicted molar refractivity (Wildman–Crippen MR) is 410 cm³/mol. The monoisotopic (exact) mass is 1330 g/mol. The number of carbonyl (C=O) groups is 3. The van der Waals surface area contributed by atoms with Crippen molar-refractivity contribution in [3.05, 3.63) is 85.1 Å². The predicted octanol–water partition coefficient (Wildman–Crippen LogP) is 26.2. The van der Waals surface area contributed by atoms with Crippen molar-refractivity contribution in [2.24, 2.45) is 0 Å². The van der Waals surface area contributed by atoms with Crippen LogP contribution in [0.15, 0.2) is 85.1 Å². The highest BCUT2D eigenvalue weighted by Gasteiger charge is 2.25. The molecular weight excluding hydrogens is 1170 g/mol. The van der Waals surface area contributed by atoms with E-state index in [1.165, 1.54) is 283 Å². The zero-order valence-corrected chi connectivity index (χ0v) is 63.3. The van der Waals surface area contributed by atoms with E-state index in [-0.39, 0.29) is 38.2 Å². The highest BCUT2D eigenvalue weighted by atomic mass is 16.7. The summed E-state index contributed by atoms with van der Waals surface area (Å²) in [4.78, 5) is 37.7. The number of quaternary nitrogens is 1. The van der Waals surface area contributed by atoms with Gasteiger partial charge in [0.2, 0.25) is 0 Å². The molecule has 0 bridgehead atoms. The van der Waals surface area contributed by atoms with E-state index in [1.54, 1.807) is 0 Å². The first kappa shape index (κ1) is 91.5. The SMILES string of the molecule is CC/C=C\C/C=C\C/C=C\C/C=C\C/C=C\CCCCCCCCCCCCCCCCCC(=O)OC(COC(=O)CCCCCCCCCCCCCCCCCCCCCCCCCCCCC/C=C\C/C=C\CCCCCCC)COC(OCC[N+](C)(C)C)C(=O)O. The number of carboxylic acid groups (broad SMARTS) is 1. The number of hydrogen-bond donors (Lipinski definition) is 1. The first-order valence-corrected chi connectivity index (χ1v) is 40.8. The normalized spacial score (nSPS) is 13.1. The molecule has 0 aliphatic rings. The minimum absolute atomic E-state index is 0.180. The largest absolute Gasteiger partial charge is 0.477 e. The van der Waals surface area contributed by atoms with Crippen molar-refractivity contribution in [3.8, 4) is 0 Å². The molecule has 552 valence electrons. The summed E-state index contributed by atoms with van der Waals surface area (Å²) in [6, 6.07) is 0. The Morgan fingerprint density at radius 1 is 0.326 bits per heavy atom. The Bertz CT molecular complexity index is 1840. The lowest BCUT2D eigenvalue weighted by molar-refractivity contribution is -0.870. The fourth-order valence-corrected chi connectivity index (χ4v) is 12.0. The van der Waals surface area contributed by atoms with Crippen molar-refractivity contribution < 1.29 is 42.9 Å². The molecule has 0 aliphatic heterocycles. The fraction of sp³-hybridized carbons (Fsp3) is 0.802. The van der Waals surface area contributed by atoms with Crippen molar-refractivity contribution in [2.45, 2.75) is 399 Å².